The number of carbonyl (C=O) groups is 1. The minimum Gasteiger partial charge on any atom is -0.463 e. The number of benzene rings is 1. The summed E-state index contributed by atoms with van der Waals surface area (Å²) in [5.74, 6) is -0.0431. The highest BCUT2D eigenvalue weighted by Crippen LogP contribution is 2.23. The molecule has 120 valence electrons. The molecule has 3 aromatic rings. The van der Waals surface area contributed by atoms with Crippen molar-refractivity contribution in [3.05, 3.63) is 59.5 Å². The van der Waals surface area contributed by atoms with Crippen molar-refractivity contribution in [3.63, 3.8) is 0 Å². The summed E-state index contributed by atoms with van der Waals surface area (Å²) in [5, 5.41) is 2.99. The number of hydrogen-bond donors (Lipinski definition) is 1. The van der Waals surface area contributed by atoms with Crippen molar-refractivity contribution in [2.24, 2.45) is 0 Å². The fourth-order valence-electron chi connectivity index (χ4n) is 2.76. The average molecular weight is 310 g/mol. The highest BCUT2D eigenvalue weighted by Gasteiger charge is 2.17. The third-order valence-electron chi connectivity index (χ3n) is 4.16. The molecule has 0 atom stereocenters. The summed E-state index contributed by atoms with van der Waals surface area (Å²) < 4.78 is 7.51. The Bertz CT molecular complexity index is 814. The SMILES string of the molecule is CCCCNC(=O)c1cc2occc2n1Cc1ccccc1C. The van der Waals surface area contributed by atoms with E-state index < -0.39 is 0 Å². The average Bonchev–Trinajstić information content (AvgIpc) is 3.12. The Morgan fingerprint density at radius 1 is 1.26 bits per heavy atom. The van der Waals surface area contributed by atoms with Gasteiger partial charge in [-0.15, -0.1) is 0 Å². The van der Waals surface area contributed by atoms with Crippen LogP contribution in [0.25, 0.3) is 11.1 Å². The molecule has 0 saturated carbocycles. The molecule has 0 unspecified atom stereocenters. The fraction of sp³-hybridized carbons (Fsp3) is 0.316. The van der Waals surface area contributed by atoms with Crippen molar-refractivity contribution < 1.29 is 9.21 Å². The molecule has 0 aliphatic carbocycles. The van der Waals surface area contributed by atoms with Gasteiger partial charge in [0.15, 0.2) is 5.58 Å². The van der Waals surface area contributed by atoms with Crippen molar-refractivity contribution in [1.82, 2.24) is 9.88 Å². The molecule has 0 spiro atoms. The van der Waals surface area contributed by atoms with E-state index in [-0.39, 0.29) is 5.91 Å². The Morgan fingerprint density at radius 3 is 2.87 bits per heavy atom. The summed E-state index contributed by atoms with van der Waals surface area (Å²) in [6.45, 7) is 5.56. The third-order valence-corrected chi connectivity index (χ3v) is 4.16. The monoisotopic (exact) mass is 310 g/mol. The molecular formula is C19H22N2O2. The van der Waals surface area contributed by atoms with Crippen LogP contribution in [0.4, 0.5) is 0 Å². The number of aromatic nitrogens is 1. The number of aryl methyl sites for hydroxylation is 1. The number of hydrogen-bond acceptors (Lipinski definition) is 2. The first kappa shape index (κ1) is 15.4. The lowest BCUT2D eigenvalue weighted by molar-refractivity contribution is 0.0944. The van der Waals surface area contributed by atoms with Crippen LogP contribution in [-0.4, -0.2) is 17.0 Å². The van der Waals surface area contributed by atoms with Crippen molar-refractivity contribution in [2.45, 2.75) is 33.2 Å². The molecule has 23 heavy (non-hydrogen) atoms. The quantitative estimate of drug-likeness (QED) is 0.696. The van der Waals surface area contributed by atoms with E-state index in [4.69, 9.17) is 4.42 Å². The zero-order chi connectivity index (χ0) is 16.2. The fourth-order valence-corrected chi connectivity index (χ4v) is 2.76. The summed E-state index contributed by atoms with van der Waals surface area (Å²) in [5.41, 5.74) is 4.77. The number of unbranched alkanes of at least 4 members (excludes halogenated alkanes) is 1. The largest absolute Gasteiger partial charge is 0.463 e. The van der Waals surface area contributed by atoms with Gasteiger partial charge in [-0.05, 0) is 24.5 Å². The Labute approximate surface area is 136 Å². The lowest BCUT2D eigenvalue weighted by atomic mass is 10.1. The first-order valence-electron chi connectivity index (χ1n) is 8.10. The van der Waals surface area contributed by atoms with Gasteiger partial charge in [0.2, 0.25) is 0 Å². The molecule has 0 aliphatic heterocycles. The smallest absolute Gasteiger partial charge is 0.268 e. The van der Waals surface area contributed by atoms with Crippen LogP contribution in [0.5, 0.6) is 0 Å². The molecule has 1 aromatic carbocycles. The first-order valence-corrected chi connectivity index (χ1v) is 8.10. The lowest BCUT2D eigenvalue weighted by Gasteiger charge is -2.12. The summed E-state index contributed by atoms with van der Waals surface area (Å²) in [6, 6.07) is 12.0. The summed E-state index contributed by atoms with van der Waals surface area (Å²) in [4.78, 5) is 12.5. The maximum Gasteiger partial charge on any atom is 0.268 e. The molecule has 2 heterocycles. The number of furan rings is 1. The van der Waals surface area contributed by atoms with E-state index in [0.29, 0.717) is 18.8 Å². The van der Waals surface area contributed by atoms with Crippen molar-refractivity contribution >= 4 is 17.0 Å². The van der Waals surface area contributed by atoms with Crippen molar-refractivity contribution in [2.75, 3.05) is 6.54 Å². The van der Waals surface area contributed by atoms with Crippen molar-refractivity contribution in [1.29, 1.82) is 0 Å². The highest BCUT2D eigenvalue weighted by atomic mass is 16.3. The molecule has 0 fully saturated rings. The van der Waals surface area contributed by atoms with Gasteiger partial charge < -0.3 is 14.3 Å². The number of carbonyl (C=O) groups excluding carboxylic acids is 1. The summed E-state index contributed by atoms with van der Waals surface area (Å²) in [6.07, 6.45) is 3.71. The maximum atomic E-state index is 12.5. The number of nitrogens with zero attached hydrogens (tertiary/aromatic N) is 1. The second-order valence-electron chi connectivity index (χ2n) is 5.82. The Hall–Kier alpha value is -2.49. The Kier molecular flexibility index (Phi) is 4.51. The van der Waals surface area contributed by atoms with Gasteiger partial charge in [0.25, 0.3) is 5.91 Å². The molecule has 3 rings (SSSR count). The van der Waals surface area contributed by atoms with E-state index in [0.717, 1.165) is 23.9 Å². The van der Waals surface area contributed by atoms with E-state index in [2.05, 4.69) is 31.3 Å². The lowest BCUT2D eigenvalue weighted by Crippen LogP contribution is -2.27. The van der Waals surface area contributed by atoms with Crippen LogP contribution < -0.4 is 5.32 Å². The van der Waals surface area contributed by atoms with E-state index >= 15 is 0 Å². The van der Waals surface area contributed by atoms with Gasteiger partial charge in [-0.2, -0.15) is 0 Å². The van der Waals surface area contributed by atoms with Crippen LogP contribution in [0.2, 0.25) is 0 Å². The minimum absolute atomic E-state index is 0.0431. The maximum absolute atomic E-state index is 12.5. The molecule has 0 aliphatic rings. The Morgan fingerprint density at radius 2 is 2.09 bits per heavy atom. The predicted molar refractivity (Wildman–Crippen MR) is 91.7 cm³/mol. The third kappa shape index (κ3) is 3.16. The van der Waals surface area contributed by atoms with Gasteiger partial charge in [-0.25, -0.2) is 0 Å². The normalized spacial score (nSPS) is 11.0. The Balaban J connectivity index is 1.94. The van der Waals surface area contributed by atoms with E-state index in [1.807, 2.05) is 28.8 Å². The zero-order valence-corrected chi connectivity index (χ0v) is 13.6. The van der Waals surface area contributed by atoms with E-state index in [1.165, 1.54) is 11.1 Å². The molecule has 2 aromatic heterocycles. The van der Waals surface area contributed by atoms with Gasteiger partial charge in [-0.1, -0.05) is 37.6 Å². The second-order valence-corrected chi connectivity index (χ2v) is 5.82. The molecule has 4 heteroatoms. The van der Waals surface area contributed by atoms with Crippen molar-refractivity contribution in [3.8, 4) is 0 Å². The number of amides is 1. The molecule has 0 radical (unpaired) electrons. The van der Waals surface area contributed by atoms with Crippen LogP contribution >= 0.6 is 0 Å². The first-order chi connectivity index (χ1) is 11.2. The number of fused-ring (bicyclic) bond motifs is 1. The van der Waals surface area contributed by atoms with Crippen LogP contribution in [0.3, 0.4) is 0 Å². The van der Waals surface area contributed by atoms with Crippen LogP contribution in [-0.2, 0) is 6.54 Å². The minimum atomic E-state index is -0.0431. The highest BCUT2D eigenvalue weighted by molar-refractivity contribution is 5.97. The second kappa shape index (κ2) is 6.73. The topological polar surface area (TPSA) is 47.2 Å². The van der Waals surface area contributed by atoms with E-state index in [9.17, 15) is 4.79 Å². The standard InChI is InChI=1S/C19H22N2O2/c1-3-4-10-20-19(22)17-12-18-16(9-11-23-18)21(17)13-15-8-6-5-7-14(15)2/h5-9,11-12H,3-4,10,13H2,1-2H3,(H,20,22). The van der Waals surface area contributed by atoms with E-state index in [1.54, 1.807) is 6.26 Å². The molecule has 4 nitrogen and oxygen atoms in total. The van der Waals surface area contributed by atoms with Gasteiger partial charge >= 0.3 is 0 Å². The summed E-state index contributed by atoms with van der Waals surface area (Å²) >= 11 is 0. The van der Waals surface area contributed by atoms with Gasteiger partial charge in [0.1, 0.15) is 5.69 Å². The molecule has 0 bridgehead atoms. The van der Waals surface area contributed by atoms with Crippen LogP contribution in [0.1, 0.15) is 41.4 Å². The number of nitrogens with one attached hydrogen (secondary N) is 1. The molecular weight excluding hydrogens is 288 g/mol. The van der Waals surface area contributed by atoms with Crippen LogP contribution in [0.15, 0.2) is 47.1 Å². The van der Waals surface area contributed by atoms with Crippen LogP contribution in [0, 0.1) is 6.92 Å². The zero-order valence-electron chi connectivity index (χ0n) is 13.6. The van der Waals surface area contributed by atoms with Gasteiger partial charge in [0.05, 0.1) is 11.8 Å². The molecule has 0 saturated heterocycles. The molecule has 1 amide bonds. The number of rotatable bonds is 6. The van der Waals surface area contributed by atoms with Gasteiger partial charge in [-0.3, -0.25) is 4.79 Å². The predicted octanol–water partition coefficient (Wildman–Crippen LogP) is 4.12. The molecule has 1 N–H and O–H groups in total. The van der Waals surface area contributed by atoms with Gasteiger partial charge in [0, 0.05) is 25.2 Å². The summed E-state index contributed by atoms with van der Waals surface area (Å²) in [7, 11) is 0.